The molecule has 172 valence electrons. The molecule has 0 radical (unpaired) electrons. The number of carbonyl (C=O) groups excluding carboxylic acids is 1. The average molecular weight is 449 g/mol. The van der Waals surface area contributed by atoms with Gasteiger partial charge in [-0.1, -0.05) is 26.0 Å². The summed E-state index contributed by atoms with van der Waals surface area (Å²) >= 11 is 0. The number of carbonyl (C=O) groups is 1. The van der Waals surface area contributed by atoms with Crippen LogP contribution in [0.15, 0.2) is 66.1 Å². The smallest absolute Gasteiger partial charge is 0.251 e. The van der Waals surface area contributed by atoms with E-state index in [1.54, 1.807) is 43.7 Å². The lowest BCUT2D eigenvalue weighted by Crippen LogP contribution is -2.23. The Morgan fingerprint density at radius 1 is 1.21 bits per heavy atom. The number of benzene rings is 1. The van der Waals surface area contributed by atoms with Crippen molar-refractivity contribution in [2.45, 2.75) is 34.2 Å². The highest BCUT2D eigenvalue weighted by Crippen LogP contribution is 2.28. The third kappa shape index (κ3) is 7.07. The van der Waals surface area contributed by atoms with E-state index >= 15 is 0 Å². The molecule has 1 N–H and O–H groups in total. The van der Waals surface area contributed by atoms with E-state index in [2.05, 4.69) is 20.3 Å². The van der Waals surface area contributed by atoms with Gasteiger partial charge in [-0.25, -0.2) is 4.39 Å². The van der Waals surface area contributed by atoms with Crippen LogP contribution in [-0.2, 0) is 6.54 Å². The molecule has 0 saturated carbocycles. The van der Waals surface area contributed by atoms with E-state index in [4.69, 9.17) is 4.74 Å². The van der Waals surface area contributed by atoms with Crippen molar-refractivity contribution in [1.29, 1.82) is 0 Å². The normalized spacial score (nSPS) is 11.0. The molecule has 1 amide bonds. The predicted octanol–water partition coefficient (Wildman–Crippen LogP) is 5.78. The summed E-state index contributed by atoms with van der Waals surface area (Å²) in [5.74, 6) is 0.433. The molecule has 2 heterocycles. The van der Waals surface area contributed by atoms with Crippen LogP contribution in [0.25, 0.3) is 5.57 Å². The van der Waals surface area contributed by atoms with Crippen LogP contribution in [-0.4, -0.2) is 29.1 Å². The first-order valence-electron chi connectivity index (χ1n) is 10.7. The number of rotatable bonds is 7. The van der Waals surface area contributed by atoms with E-state index in [1.165, 1.54) is 12.3 Å². The van der Waals surface area contributed by atoms with Gasteiger partial charge in [0.15, 0.2) is 0 Å². The molecular weight excluding hydrogens is 419 g/mol. The number of amides is 1. The minimum absolute atomic E-state index is 0.174. The first-order chi connectivity index (χ1) is 16.0. The zero-order valence-electron chi connectivity index (χ0n) is 19.6. The minimum atomic E-state index is -0.443. The Balaban J connectivity index is 0.00000187. The maximum Gasteiger partial charge on any atom is 0.251 e. The summed E-state index contributed by atoms with van der Waals surface area (Å²) in [6, 6.07) is 10.2. The van der Waals surface area contributed by atoms with E-state index in [1.807, 2.05) is 39.8 Å². The average Bonchev–Trinajstić information content (AvgIpc) is 2.84. The number of aliphatic imine (C=N–C) groups is 1. The van der Waals surface area contributed by atoms with Crippen molar-refractivity contribution < 1.29 is 13.9 Å². The number of aromatic nitrogens is 2. The molecule has 0 bridgehead atoms. The Bertz CT molecular complexity index is 1140. The molecule has 1 aromatic carbocycles. The van der Waals surface area contributed by atoms with E-state index in [0.717, 1.165) is 17.5 Å². The Hall–Kier alpha value is -3.87. The number of allylic oxidation sites excluding steroid dienone is 2. The van der Waals surface area contributed by atoms with Gasteiger partial charge in [-0.05, 0) is 43.7 Å². The van der Waals surface area contributed by atoms with Crippen molar-refractivity contribution in [2.24, 2.45) is 4.99 Å². The van der Waals surface area contributed by atoms with Gasteiger partial charge in [0, 0.05) is 55.0 Å². The predicted molar refractivity (Wildman–Crippen MR) is 130 cm³/mol. The number of halogens is 1. The fraction of sp³-hybridized carbons (Fsp3) is 0.231. The van der Waals surface area contributed by atoms with Gasteiger partial charge in [0.2, 0.25) is 0 Å². The van der Waals surface area contributed by atoms with Crippen molar-refractivity contribution in [3.05, 3.63) is 89.3 Å². The van der Waals surface area contributed by atoms with Crippen LogP contribution in [0.2, 0.25) is 0 Å². The van der Waals surface area contributed by atoms with Crippen molar-refractivity contribution in [2.75, 3.05) is 7.05 Å². The van der Waals surface area contributed by atoms with Gasteiger partial charge in [0.05, 0.1) is 11.9 Å². The molecule has 0 aliphatic rings. The third-order valence-electron chi connectivity index (χ3n) is 4.58. The molecule has 3 aromatic rings. The summed E-state index contributed by atoms with van der Waals surface area (Å²) < 4.78 is 19.3. The Morgan fingerprint density at radius 3 is 2.70 bits per heavy atom. The van der Waals surface area contributed by atoms with Gasteiger partial charge >= 0.3 is 0 Å². The molecular formula is C26H29FN4O2. The second kappa shape index (κ2) is 12.9. The van der Waals surface area contributed by atoms with Crippen LogP contribution < -0.4 is 10.1 Å². The SMILES string of the molecule is C/C=C(\C=NC)c1cc(Oc2cccc(C(=O)NCc3cncc(F)c3)c2C)ccn1.CC. The standard InChI is InChI=1S/C24H23FN4O2.C2H6/c1-4-18(14-26-3)22-11-20(8-9-28-22)31-23-7-5-6-21(16(23)2)24(30)29-13-17-10-19(25)15-27-12-17;1-2/h4-12,14-15H,13H2,1-3H3,(H,29,30);1-2H3/b18-4+,26-14?;. The molecule has 33 heavy (non-hydrogen) atoms. The Labute approximate surface area is 194 Å². The van der Waals surface area contributed by atoms with Crippen LogP contribution >= 0.6 is 0 Å². The summed E-state index contributed by atoms with van der Waals surface area (Å²) in [5.41, 5.74) is 3.36. The molecule has 0 aliphatic heterocycles. The van der Waals surface area contributed by atoms with Crippen LogP contribution in [0.1, 0.15) is 48.0 Å². The van der Waals surface area contributed by atoms with E-state index in [9.17, 15) is 9.18 Å². The summed E-state index contributed by atoms with van der Waals surface area (Å²) in [6.45, 7) is 7.91. The lowest BCUT2D eigenvalue weighted by Gasteiger charge is -2.13. The lowest BCUT2D eigenvalue weighted by molar-refractivity contribution is 0.0950. The van der Waals surface area contributed by atoms with E-state index in [-0.39, 0.29) is 12.5 Å². The summed E-state index contributed by atoms with van der Waals surface area (Å²) in [6.07, 6.45) is 7.95. The molecule has 0 unspecified atom stereocenters. The molecule has 0 aliphatic carbocycles. The highest BCUT2D eigenvalue weighted by Gasteiger charge is 2.13. The molecule has 3 rings (SSSR count). The molecule has 2 aromatic heterocycles. The number of nitrogens with one attached hydrogen (secondary N) is 1. The van der Waals surface area contributed by atoms with Crippen molar-refractivity contribution in [1.82, 2.24) is 15.3 Å². The zero-order valence-corrected chi connectivity index (χ0v) is 19.6. The first-order valence-corrected chi connectivity index (χ1v) is 10.7. The fourth-order valence-electron chi connectivity index (χ4n) is 2.99. The monoisotopic (exact) mass is 448 g/mol. The van der Waals surface area contributed by atoms with Crippen LogP contribution in [0.4, 0.5) is 4.39 Å². The van der Waals surface area contributed by atoms with Crippen molar-refractivity contribution >= 4 is 17.7 Å². The lowest BCUT2D eigenvalue weighted by atomic mass is 10.1. The highest BCUT2D eigenvalue weighted by atomic mass is 19.1. The largest absolute Gasteiger partial charge is 0.457 e. The summed E-state index contributed by atoms with van der Waals surface area (Å²) in [5, 5.41) is 2.79. The van der Waals surface area contributed by atoms with Crippen molar-refractivity contribution in [3.63, 3.8) is 0 Å². The van der Waals surface area contributed by atoms with E-state index in [0.29, 0.717) is 28.2 Å². The first kappa shape index (κ1) is 25.4. The maximum absolute atomic E-state index is 13.3. The number of hydrogen-bond donors (Lipinski definition) is 1. The zero-order chi connectivity index (χ0) is 24.2. The molecule has 0 saturated heterocycles. The highest BCUT2D eigenvalue weighted by molar-refractivity contribution is 6.08. The summed E-state index contributed by atoms with van der Waals surface area (Å²) in [4.78, 5) is 24.9. The second-order valence-corrected chi connectivity index (χ2v) is 6.73. The minimum Gasteiger partial charge on any atom is -0.457 e. The maximum atomic E-state index is 13.3. The fourth-order valence-corrected chi connectivity index (χ4v) is 2.99. The number of hydrogen-bond acceptors (Lipinski definition) is 5. The van der Waals surface area contributed by atoms with E-state index < -0.39 is 5.82 Å². The van der Waals surface area contributed by atoms with Crippen LogP contribution in [0, 0.1) is 12.7 Å². The van der Waals surface area contributed by atoms with Gasteiger partial charge < -0.3 is 10.1 Å². The van der Waals surface area contributed by atoms with Gasteiger partial charge in [-0.2, -0.15) is 0 Å². The number of ether oxygens (including phenoxy) is 1. The summed E-state index contributed by atoms with van der Waals surface area (Å²) in [7, 11) is 1.70. The second-order valence-electron chi connectivity index (χ2n) is 6.73. The van der Waals surface area contributed by atoms with Gasteiger partial charge in [0.25, 0.3) is 5.91 Å². The number of pyridine rings is 2. The van der Waals surface area contributed by atoms with Crippen LogP contribution in [0.3, 0.4) is 0 Å². The molecule has 0 spiro atoms. The quantitative estimate of drug-likeness (QED) is 0.465. The van der Waals surface area contributed by atoms with Gasteiger partial charge in [-0.3, -0.25) is 19.8 Å². The Morgan fingerprint density at radius 2 is 2.00 bits per heavy atom. The molecule has 0 fully saturated rings. The third-order valence-corrected chi connectivity index (χ3v) is 4.58. The molecule has 0 atom stereocenters. The topological polar surface area (TPSA) is 76.5 Å². The van der Waals surface area contributed by atoms with Crippen LogP contribution in [0.5, 0.6) is 11.5 Å². The van der Waals surface area contributed by atoms with Gasteiger partial charge in [-0.15, -0.1) is 0 Å². The molecule has 6 nitrogen and oxygen atoms in total. The molecule has 7 heteroatoms. The van der Waals surface area contributed by atoms with Crippen molar-refractivity contribution in [3.8, 4) is 11.5 Å². The number of nitrogens with zero attached hydrogens (tertiary/aromatic N) is 3. The Kier molecular flexibility index (Phi) is 9.89. The van der Waals surface area contributed by atoms with Gasteiger partial charge in [0.1, 0.15) is 17.3 Å².